The van der Waals surface area contributed by atoms with Crippen molar-refractivity contribution in [2.24, 2.45) is 0 Å². The van der Waals surface area contributed by atoms with Gasteiger partial charge in [0.15, 0.2) is 0 Å². The molecule has 2 aromatic carbocycles. The first-order valence-corrected chi connectivity index (χ1v) is 8.65. The highest BCUT2D eigenvalue weighted by atomic mass is 16.5. The number of aryl methyl sites for hydroxylation is 1. The van der Waals surface area contributed by atoms with Crippen molar-refractivity contribution < 1.29 is 14.3 Å². The number of rotatable bonds is 7. The largest absolute Gasteiger partial charge is 0.495 e. The highest BCUT2D eigenvalue weighted by molar-refractivity contribution is 6.01. The Morgan fingerprint density at radius 1 is 1.12 bits per heavy atom. The van der Waals surface area contributed by atoms with E-state index in [4.69, 9.17) is 4.74 Å². The maximum Gasteiger partial charge on any atom is 0.253 e. The Kier molecular flexibility index (Phi) is 5.41. The van der Waals surface area contributed by atoms with Crippen molar-refractivity contribution in [2.75, 3.05) is 24.3 Å². The van der Waals surface area contributed by atoms with Crippen LogP contribution in [0.25, 0.3) is 0 Å². The number of nitrogens with one attached hydrogen (secondary N) is 3. The lowest BCUT2D eigenvalue weighted by Crippen LogP contribution is -2.27. The number of hydrogen-bond donors (Lipinski definition) is 3. The van der Waals surface area contributed by atoms with Gasteiger partial charge in [-0.05, 0) is 49.6 Å². The van der Waals surface area contributed by atoms with Crippen LogP contribution in [0, 0.1) is 6.92 Å². The van der Waals surface area contributed by atoms with Crippen LogP contribution in [0.1, 0.15) is 28.8 Å². The topological polar surface area (TPSA) is 79.5 Å². The van der Waals surface area contributed by atoms with Gasteiger partial charge in [-0.15, -0.1) is 0 Å². The van der Waals surface area contributed by atoms with Crippen LogP contribution in [0.15, 0.2) is 42.5 Å². The van der Waals surface area contributed by atoms with Crippen LogP contribution < -0.4 is 20.7 Å². The second-order valence-corrected chi connectivity index (χ2v) is 6.40. The molecule has 2 amide bonds. The molecule has 3 N–H and O–H groups in total. The van der Waals surface area contributed by atoms with Crippen molar-refractivity contribution in [3.05, 3.63) is 53.6 Å². The number of hydrogen-bond acceptors (Lipinski definition) is 4. The number of carbonyl (C=O) groups is 2. The average Bonchev–Trinajstić information content (AvgIpc) is 3.44. The van der Waals surface area contributed by atoms with Crippen LogP contribution >= 0.6 is 0 Å². The molecule has 2 aromatic rings. The van der Waals surface area contributed by atoms with Crippen LogP contribution in [-0.4, -0.2) is 31.5 Å². The van der Waals surface area contributed by atoms with Gasteiger partial charge in [-0.1, -0.05) is 18.2 Å². The number of para-hydroxylation sites is 1. The first kappa shape index (κ1) is 17.8. The predicted molar refractivity (Wildman–Crippen MR) is 102 cm³/mol. The molecule has 0 bridgehead atoms. The summed E-state index contributed by atoms with van der Waals surface area (Å²) in [5.74, 6) is 0.274. The van der Waals surface area contributed by atoms with Crippen LogP contribution in [0.2, 0.25) is 0 Å². The third kappa shape index (κ3) is 4.53. The average molecular weight is 353 g/mol. The Balaban J connectivity index is 1.63. The quantitative estimate of drug-likeness (QED) is 0.715. The number of methoxy groups -OCH3 is 1. The van der Waals surface area contributed by atoms with Crippen LogP contribution in [0.3, 0.4) is 0 Å². The van der Waals surface area contributed by atoms with Gasteiger partial charge in [-0.25, -0.2) is 0 Å². The summed E-state index contributed by atoms with van der Waals surface area (Å²) >= 11 is 0. The molecule has 1 aliphatic rings. The minimum atomic E-state index is -0.216. The molecule has 0 aliphatic heterocycles. The Bertz CT molecular complexity index is 816. The Labute approximate surface area is 152 Å². The minimum absolute atomic E-state index is 0.0464. The van der Waals surface area contributed by atoms with E-state index in [0.717, 1.165) is 18.4 Å². The Morgan fingerprint density at radius 2 is 1.88 bits per heavy atom. The molecule has 136 valence electrons. The molecule has 1 fully saturated rings. The highest BCUT2D eigenvalue weighted by Gasteiger charge is 2.24. The molecular formula is C20H23N3O3. The lowest BCUT2D eigenvalue weighted by molar-refractivity contribution is -0.114. The first-order valence-electron chi connectivity index (χ1n) is 8.65. The summed E-state index contributed by atoms with van der Waals surface area (Å²) in [6.07, 6.45) is 2.06. The smallest absolute Gasteiger partial charge is 0.253 e. The summed E-state index contributed by atoms with van der Waals surface area (Å²) in [4.78, 5) is 24.6. The molecule has 0 unspecified atom stereocenters. The number of carbonyl (C=O) groups excluding carboxylic acids is 2. The van der Waals surface area contributed by atoms with E-state index < -0.39 is 0 Å². The van der Waals surface area contributed by atoms with Crippen molar-refractivity contribution in [1.82, 2.24) is 5.32 Å². The zero-order valence-corrected chi connectivity index (χ0v) is 15.0. The van der Waals surface area contributed by atoms with Crippen molar-refractivity contribution in [1.29, 1.82) is 0 Å². The van der Waals surface area contributed by atoms with Gasteiger partial charge in [-0.3, -0.25) is 9.59 Å². The lowest BCUT2D eigenvalue weighted by Gasteiger charge is -2.14. The predicted octanol–water partition coefficient (Wildman–Crippen LogP) is 2.95. The van der Waals surface area contributed by atoms with Gasteiger partial charge in [0.1, 0.15) is 5.75 Å². The van der Waals surface area contributed by atoms with E-state index in [1.807, 2.05) is 37.3 Å². The molecule has 1 aliphatic carbocycles. The molecular weight excluding hydrogens is 330 g/mol. The van der Waals surface area contributed by atoms with Crippen LogP contribution in [0.5, 0.6) is 5.75 Å². The number of amides is 2. The third-order valence-electron chi connectivity index (χ3n) is 4.15. The molecule has 0 radical (unpaired) electrons. The number of benzene rings is 2. The number of anilines is 2. The fourth-order valence-electron chi connectivity index (χ4n) is 2.62. The van der Waals surface area contributed by atoms with Gasteiger partial charge in [0.2, 0.25) is 5.91 Å². The van der Waals surface area contributed by atoms with Crippen molar-refractivity contribution in [3.63, 3.8) is 0 Å². The molecule has 0 spiro atoms. The van der Waals surface area contributed by atoms with Gasteiger partial charge in [0.05, 0.1) is 24.9 Å². The van der Waals surface area contributed by atoms with Crippen molar-refractivity contribution >= 4 is 23.2 Å². The van der Waals surface area contributed by atoms with Crippen LogP contribution in [0.4, 0.5) is 11.4 Å². The fraction of sp³-hybridized carbons (Fsp3) is 0.300. The SMILES string of the molecule is COc1ccc(C)cc1NC(=O)CNc1ccccc1C(=O)NC1CC1. The lowest BCUT2D eigenvalue weighted by atomic mass is 10.1. The van der Waals surface area contributed by atoms with Gasteiger partial charge < -0.3 is 20.7 Å². The van der Waals surface area contributed by atoms with E-state index in [1.165, 1.54) is 0 Å². The van der Waals surface area contributed by atoms with E-state index in [2.05, 4.69) is 16.0 Å². The monoisotopic (exact) mass is 353 g/mol. The van der Waals surface area contributed by atoms with E-state index in [1.54, 1.807) is 19.2 Å². The van der Waals surface area contributed by atoms with Crippen LogP contribution in [-0.2, 0) is 4.79 Å². The van der Waals surface area contributed by atoms with Crippen molar-refractivity contribution in [3.8, 4) is 5.75 Å². The highest BCUT2D eigenvalue weighted by Crippen LogP contribution is 2.25. The van der Waals surface area contributed by atoms with Gasteiger partial charge >= 0.3 is 0 Å². The molecule has 6 heteroatoms. The molecule has 0 atom stereocenters. The second-order valence-electron chi connectivity index (χ2n) is 6.40. The fourth-order valence-corrected chi connectivity index (χ4v) is 2.62. The maximum absolute atomic E-state index is 12.3. The van der Waals surface area contributed by atoms with E-state index in [0.29, 0.717) is 22.7 Å². The van der Waals surface area contributed by atoms with Gasteiger partial charge in [0, 0.05) is 11.7 Å². The number of ether oxygens (including phenoxy) is 1. The molecule has 26 heavy (non-hydrogen) atoms. The normalized spacial score (nSPS) is 13.0. The summed E-state index contributed by atoms with van der Waals surface area (Å²) in [5.41, 5.74) is 2.83. The van der Waals surface area contributed by atoms with Gasteiger partial charge in [-0.2, -0.15) is 0 Å². The van der Waals surface area contributed by atoms with E-state index in [9.17, 15) is 9.59 Å². The van der Waals surface area contributed by atoms with Crippen molar-refractivity contribution in [2.45, 2.75) is 25.8 Å². The zero-order valence-electron chi connectivity index (χ0n) is 15.0. The first-order chi connectivity index (χ1) is 12.6. The minimum Gasteiger partial charge on any atom is -0.495 e. The summed E-state index contributed by atoms with van der Waals surface area (Å²) in [7, 11) is 1.56. The molecule has 1 saturated carbocycles. The molecule has 0 aromatic heterocycles. The van der Waals surface area contributed by atoms with Gasteiger partial charge in [0.25, 0.3) is 5.91 Å². The second kappa shape index (κ2) is 7.91. The van der Waals surface area contributed by atoms with E-state index in [-0.39, 0.29) is 24.4 Å². The molecule has 0 heterocycles. The Morgan fingerprint density at radius 3 is 2.62 bits per heavy atom. The molecule has 6 nitrogen and oxygen atoms in total. The zero-order chi connectivity index (χ0) is 18.5. The summed E-state index contributed by atoms with van der Waals surface area (Å²) < 4.78 is 5.27. The summed E-state index contributed by atoms with van der Waals surface area (Å²) in [6.45, 7) is 1.99. The summed E-state index contributed by atoms with van der Waals surface area (Å²) in [6, 6.07) is 13.1. The standard InChI is InChI=1S/C20H23N3O3/c1-13-7-10-18(26-2)17(11-13)23-19(24)12-21-16-6-4-3-5-15(16)20(25)22-14-8-9-14/h3-7,10-11,14,21H,8-9,12H2,1-2H3,(H,22,25)(H,23,24). The molecule has 0 saturated heterocycles. The Hall–Kier alpha value is -3.02. The molecule has 3 rings (SSSR count). The summed E-state index contributed by atoms with van der Waals surface area (Å²) in [5, 5.41) is 8.85. The van der Waals surface area contributed by atoms with E-state index >= 15 is 0 Å². The third-order valence-corrected chi connectivity index (χ3v) is 4.15. The maximum atomic E-state index is 12.3.